The molecule has 0 spiro atoms. The van der Waals surface area contributed by atoms with Crippen LogP contribution in [0.3, 0.4) is 0 Å². The zero-order valence-corrected chi connectivity index (χ0v) is 24.8. The van der Waals surface area contributed by atoms with Gasteiger partial charge in [-0.15, -0.1) is 0 Å². The first kappa shape index (κ1) is 30.4. The predicted molar refractivity (Wildman–Crippen MR) is 158 cm³/mol. The Hall–Kier alpha value is -3.61. The number of rotatable bonds is 12. The van der Waals surface area contributed by atoms with Crippen LogP contribution in [0, 0.1) is 0 Å². The first-order chi connectivity index (χ1) is 19.6. The lowest BCUT2D eigenvalue weighted by Gasteiger charge is -2.21. The van der Waals surface area contributed by atoms with Crippen LogP contribution in [0.2, 0.25) is 10.0 Å². The van der Waals surface area contributed by atoms with Gasteiger partial charge in [-0.05, 0) is 36.4 Å². The summed E-state index contributed by atoms with van der Waals surface area (Å²) in [5.41, 5.74) is 1.89. The number of anilines is 1. The number of nitrogens with zero attached hydrogens (tertiary/aromatic N) is 3. The number of carbonyl (C=O) groups is 1. The van der Waals surface area contributed by atoms with Crippen molar-refractivity contribution in [1.82, 2.24) is 13.9 Å². The Morgan fingerprint density at radius 2 is 1.51 bits per heavy atom. The van der Waals surface area contributed by atoms with Gasteiger partial charge in [0.05, 0.1) is 43.6 Å². The zero-order chi connectivity index (χ0) is 29.6. The topological polar surface area (TPSA) is 112 Å². The van der Waals surface area contributed by atoms with Crippen molar-refractivity contribution in [2.24, 2.45) is 0 Å². The molecule has 1 amide bonds. The first-order valence-corrected chi connectivity index (χ1v) is 14.5. The second-order valence-electron chi connectivity index (χ2n) is 8.73. The standard InChI is InChI=1S/C28H28Cl2N4O6S/c1-38-13-12-33(41(36,37)25-10-8-21(30)9-11-25)18-27(35)32-28-31-26(19-4-6-20(29)7-5-19)17-34(28)22-14-23(39-2)16-24(15-22)40-3/h4-11,14-17H,12-13,18H2,1-3H3,(H,31,32,35). The molecule has 0 aliphatic heterocycles. The van der Waals surface area contributed by atoms with E-state index in [-0.39, 0.29) is 24.0 Å². The number of ether oxygens (including phenoxy) is 3. The number of benzene rings is 3. The molecule has 0 fully saturated rings. The van der Waals surface area contributed by atoms with E-state index in [1.54, 1.807) is 53.2 Å². The number of hydrogen-bond donors (Lipinski definition) is 1. The molecule has 1 N–H and O–H groups in total. The summed E-state index contributed by atoms with van der Waals surface area (Å²) in [5, 5.41) is 3.72. The van der Waals surface area contributed by atoms with Gasteiger partial charge in [-0.25, -0.2) is 13.4 Å². The van der Waals surface area contributed by atoms with Crippen LogP contribution in [0.15, 0.2) is 77.8 Å². The van der Waals surface area contributed by atoms with E-state index in [0.29, 0.717) is 32.9 Å². The van der Waals surface area contributed by atoms with Gasteiger partial charge in [0.1, 0.15) is 11.5 Å². The van der Waals surface area contributed by atoms with Crippen LogP contribution < -0.4 is 14.8 Å². The Morgan fingerprint density at radius 3 is 2.07 bits per heavy atom. The summed E-state index contributed by atoms with van der Waals surface area (Å²) in [6.07, 6.45) is 1.74. The Morgan fingerprint density at radius 1 is 0.927 bits per heavy atom. The zero-order valence-electron chi connectivity index (χ0n) is 22.5. The van der Waals surface area contributed by atoms with Crippen molar-refractivity contribution in [3.05, 3.63) is 83.0 Å². The van der Waals surface area contributed by atoms with E-state index in [2.05, 4.69) is 10.3 Å². The van der Waals surface area contributed by atoms with Crippen molar-refractivity contribution in [3.63, 3.8) is 0 Å². The monoisotopic (exact) mass is 618 g/mol. The summed E-state index contributed by atoms with van der Waals surface area (Å²) in [4.78, 5) is 18.0. The molecular weight excluding hydrogens is 591 g/mol. The fourth-order valence-electron chi connectivity index (χ4n) is 3.91. The summed E-state index contributed by atoms with van der Waals surface area (Å²) < 4.78 is 45.4. The second kappa shape index (κ2) is 13.4. The van der Waals surface area contributed by atoms with Gasteiger partial charge in [0.15, 0.2) is 0 Å². The van der Waals surface area contributed by atoms with Crippen LogP contribution in [0.4, 0.5) is 5.95 Å². The third kappa shape index (κ3) is 7.38. The molecule has 4 rings (SSSR count). The number of carbonyl (C=O) groups excluding carboxylic acids is 1. The molecule has 0 aliphatic carbocycles. The molecule has 0 saturated heterocycles. The van der Waals surface area contributed by atoms with Crippen molar-refractivity contribution in [2.45, 2.75) is 4.90 Å². The second-order valence-corrected chi connectivity index (χ2v) is 11.5. The quantitative estimate of drug-likeness (QED) is 0.234. The Kier molecular flexibility index (Phi) is 9.90. The van der Waals surface area contributed by atoms with E-state index in [9.17, 15) is 13.2 Å². The fourth-order valence-corrected chi connectivity index (χ4v) is 5.55. The SMILES string of the molecule is COCCN(CC(=O)Nc1nc(-c2ccc(Cl)cc2)cn1-c1cc(OC)cc(OC)c1)S(=O)(=O)c1ccc(Cl)cc1. The third-order valence-electron chi connectivity index (χ3n) is 6.03. The average molecular weight is 620 g/mol. The molecule has 41 heavy (non-hydrogen) atoms. The molecule has 0 radical (unpaired) electrons. The third-order valence-corrected chi connectivity index (χ3v) is 8.39. The molecule has 0 unspecified atom stereocenters. The van der Waals surface area contributed by atoms with Crippen LogP contribution in [0.1, 0.15) is 0 Å². The number of aromatic nitrogens is 2. The van der Waals surface area contributed by atoms with Crippen LogP contribution in [-0.2, 0) is 19.6 Å². The minimum absolute atomic E-state index is 0.000744. The lowest BCUT2D eigenvalue weighted by atomic mass is 10.2. The summed E-state index contributed by atoms with van der Waals surface area (Å²) in [6.45, 7) is -0.454. The van der Waals surface area contributed by atoms with E-state index < -0.39 is 22.5 Å². The lowest BCUT2D eigenvalue weighted by Crippen LogP contribution is -2.40. The Balaban J connectivity index is 1.69. The van der Waals surface area contributed by atoms with Crippen molar-refractivity contribution in [1.29, 1.82) is 0 Å². The molecule has 10 nitrogen and oxygen atoms in total. The summed E-state index contributed by atoms with van der Waals surface area (Å²) in [7, 11) is 0.474. The van der Waals surface area contributed by atoms with Gasteiger partial charge in [0.25, 0.3) is 0 Å². The van der Waals surface area contributed by atoms with Crippen molar-refractivity contribution < 1.29 is 27.4 Å². The van der Waals surface area contributed by atoms with E-state index in [0.717, 1.165) is 9.87 Å². The van der Waals surface area contributed by atoms with Gasteiger partial charge < -0.3 is 14.2 Å². The van der Waals surface area contributed by atoms with E-state index in [1.807, 2.05) is 0 Å². The Bertz CT molecular complexity index is 1590. The van der Waals surface area contributed by atoms with Crippen LogP contribution in [0.25, 0.3) is 16.9 Å². The maximum atomic E-state index is 13.4. The van der Waals surface area contributed by atoms with Gasteiger partial charge in [-0.2, -0.15) is 4.31 Å². The van der Waals surface area contributed by atoms with Gasteiger partial charge >= 0.3 is 0 Å². The molecule has 216 valence electrons. The molecule has 0 bridgehead atoms. The summed E-state index contributed by atoms with van der Waals surface area (Å²) in [6, 6.07) is 18.0. The molecule has 0 aliphatic rings. The predicted octanol–water partition coefficient (Wildman–Crippen LogP) is 5.14. The number of amides is 1. The fraction of sp³-hybridized carbons (Fsp3) is 0.214. The number of hydrogen-bond acceptors (Lipinski definition) is 7. The van der Waals surface area contributed by atoms with Crippen molar-refractivity contribution in [2.75, 3.05) is 46.3 Å². The maximum Gasteiger partial charge on any atom is 0.243 e. The highest BCUT2D eigenvalue weighted by Gasteiger charge is 2.27. The van der Waals surface area contributed by atoms with Crippen LogP contribution in [0.5, 0.6) is 11.5 Å². The maximum absolute atomic E-state index is 13.4. The molecule has 0 saturated carbocycles. The molecule has 13 heteroatoms. The Labute approximate surface area is 248 Å². The van der Waals surface area contributed by atoms with Crippen molar-refractivity contribution in [3.8, 4) is 28.4 Å². The van der Waals surface area contributed by atoms with E-state index in [1.165, 1.54) is 45.6 Å². The molecule has 0 atom stereocenters. The summed E-state index contributed by atoms with van der Waals surface area (Å²) in [5.74, 6) is 0.602. The van der Waals surface area contributed by atoms with E-state index >= 15 is 0 Å². The largest absolute Gasteiger partial charge is 0.497 e. The molecular formula is C28H28Cl2N4O6S. The number of methoxy groups -OCH3 is 3. The summed E-state index contributed by atoms with van der Waals surface area (Å²) >= 11 is 12.0. The van der Waals surface area contributed by atoms with Gasteiger partial charge in [-0.3, -0.25) is 14.7 Å². The molecule has 4 aromatic rings. The number of imidazole rings is 1. The first-order valence-electron chi connectivity index (χ1n) is 12.3. The average Bonchev–Trinajstić information content (AvgIpc) is 3.38. The van der Waals surface area contributed by atoms with Gasteiger partial charge in [-0.1, -0.05) is 35.3 Å². The highest BCUT2D eigenvalue weighted by Crippen LogP contribution is 2.30. The molecule has 1 heterocycles. The normalized spacial score (nSPS) is 11.5. The number of halogens is 2. The molecule has 1 aromatic heterocycles. The van der Waals surface area contributed by atoms with Crippen LogP contribution >= 0.6 is 23.2 Å². The lowest BCUT2D eigenvalue weighted by molar-refractivity contribution is -0.116. The van der Waals surface area contributed by atoms with Crippen LogP contribution in [-0.4, -0.2) is 69.2 Å². The highest BCUT2D eigenvalue weighted by atomic mass is 35.5. The van der Waals surface area contributed by atoms with Gasteiger partial charge in [0, 0.05) is 53.7 Å². The molecule has 3 aromatic carbocycles. The number of nitrogens with one attached hydrogen (secondary N) is 1. The van der Waals surface area contributed by atoms with E-state index in [4.69, 9.17) is 37.4 Å². The number of sulfonamides is 1. The van der Waals surface area contributed by atoms with Crippen molar-refractivity contribution >= 4 is 45.1 Å². The van der Waals surface area contributed by atoms with Gasteiger partial charge in [0.2, 0.25) is 21.9 Å². The minimum Gasteiger partial charge on any atom is -0.497 e. The minimum atomic E-state index is -4.04. The smallest absolute Gasteiger partial charge is 0.243 e. The highest BCUT2D eigenvalue weighted by molar-refractivity contribution is 7.89.